The van der Waals surface area contributed by atoms with Gasteiger partial charge in [0.15, 0.2) is 0 Å². The highest BCUT2D eigenvalue weighted by Crippen LogP contribution is 2.25. The van der Waals surface area contributed by atoms with E-state index < -0.39 is 0 Å². The molecule has 0 saturated heterocycles. The van der Waals surface area contributed by atoms with Crippen LogP contribution in [0.3, 0.4) is 0 Å². The minimum absolute atomic E-state index is 0.221. The van der Waals surface area contributed by atoms with Gasteiger partial charge in [0.05, 0.1) is 24.7 Å². The lowest BCUT2D eigenvalue weighted by atomic mass is 10.2. The Morgan fingerprint density at radius 2 is 1.96 bits per heavy atom. The Bertz CT molecular complexity index is 1020. The number of carbonyl (C=O) groups excluding carboxylic acids is 1. The first kappa shape index (κ1) is 16.3. The number of nitrogens with zero attached hydrogens (tertiary/aromatic N) is 2. The zero-order chi connectivity index (χ0) is 17.9. The highest BCUT2D eigenvalue weighted by molar-refractivity contribution is 7.13. The number of H-pyrrole nitrogens is 1. The van der Waals surface area contributed by atoms with Gasteiger partial charge in [0.25, 0.3) is 5.91 Å². The largest absolute Gasteiger partial charge is 0.497 e. The first-order valence-electron chi connectivity index (χ1n) is 8.05. The third-order valence-corrected chi connectivity index (χ3v) is 4.82. The summed E-state index contributed by atoms with van der Waals surface area (Å²) in [5, 5.41) is 5.40. The molecular weight excluding hydrogens is 348 g/mol. The van der Waals surface area contributed by atoms with Crippen molar-refractivity contribution in [3.05, 3.63) is 65.4 Å². The van der Waals surface area contributed by atoms with Crippen molar-refractivity contribution in [3.63, 3.8) is 0 Å². The van der Waals surface area contributed by atoms with E-state index in [1.165, 1.54) is 11.3 Å². The van der Waals surface area contributed by atoms with Crippen LogP contribution in [0.1, 0.15) is 16.3 Å². The minimum atomic E-state index is -0.221. The van der Waals surface area contributed by atoms with Crippen molar-refractivity contribution < 1.29 is 9.53 Å². The molecule has 4 rings (SSSR count). The zero-order valence-electron chi connectivity index (χ0n) is 14.0. The van der Waals surface area contributed by atoms with Crippen LogP contribution in [0.5, 0.6) is 5.75 Å². The number of carbonyl (C=O) groups is 1. The maximum absolute atomic E-state index is 12.3. The number of thiazole rings is 1. The van der Waals surface area contributed by atoms with Gasteiger partial charge >= 0.3 is 0 Å². The Labute approximate surface area is 153 Å². The average Bonchev–Trinajstić information content (AvgIpc) is 3.33. The Kier molecular flexibility index (Phi) is 4.37. The Morgan fingerprint density at radius 1 is 1.15 bits per heavy atom. The molecule has 7 heteroatoms. The van der Waals surface area contributed by atoms with E-state index in [4.69, 9.17) is 4.74 Å². The molecule has 0 aliphatic heterocycles. The fourth-order valence-corrected chi connectivity index (χ4v) is 3.39. The number of ether oxygens (including phenoxy) is 1. The molecule has 0 atom stereocenters. The highest BCUT2D eigenvalue weighted by Gasteiger charge is 2.12. The van der Waals surface area contributed by atoms with E-state index in [2.05, 4.69) is 20.3 Å². The summed E-state index contributed by atoms with van der Waals surface area (Å²) in [6.07, 6.45) is 0. The number of aromatic nitrogens is 3. The normalized spacial score (nSPS) is 10.8. The second-order valence-electron chi connectivity index (χ2n) is 5.65. The van der Waals surface area contributed by atoms with Crippen molar-refractivity contribution in [1.29, 1.82) is 0 Å². The van der Waals surface area contributed by atoms with Crippen LogP contribution >= 0.6 is 11.3 Å². The third kappa shape index (κ3) is 3.29. The van der Waals surface area contributed by atoms with Crippen LogP contribution in [0.2, 0.25) is 0 Å². The van der Waals surface area contributed by atoms with Crippen molar-refractivity contribution in [1.82, 2.24) is 20.3 Å². The van der Waals surface area contributed by atoms with Crippen LogP contribution in [0.15, 0.2) is 53.9 Å². The number of benzene rings is 2. The molecule has 0 fully saturated rings. The number of methoxy groups -OCH3 is 1. The van der Waals surface area contributed by atoms with Gasteiger partial charge in [-0.15, -0.1) is 11.3 Å². The van der Waals surface area contributed by atoms with Gasteiger partial charge in [-0.05, 0) is 36.4 Å². The molecule has 4 aromatic rings. The molecule has 1 amide bonds. The molecule has 0 aliphatic rings. The maximum Gasteiger partial charge on any atom is 0.271 e. The quantitative estimate of drug-likeness (QED) is 0.567. The molecule has 0 spiro atoms. The molecule has 0 unspecified atom stereocenters. The fraction of sp³-hybridized carbons (Fsp3) is 0.105. The monoisotopic (exact) mass is 364 g/mol. The number of fused-ring (bicyclic) bond motifs is 1. The smallest absolute Gasteiger partial charge is 0.271 e. The number of hydrogen-bond donors (Lipinski definition) is 2. The molecule has 0 radical (unpaired) electrons. The average molecular weight is 364 g/mol. The number of aromatic amines is 1. The van der Waals surface area contributed by atoms with Crippen LogP contribution in [0, 0.1) is 0 Å². The van der Waals surface area contributed by atoms with E-state index in [1.54, 1.807) is 12.5 Å². The number of amides is 1. The molecule has 2 aromatic heterocycles. The molecular formula is C19H16N4O2S. The number of hydrogen-bond acceptors (Lipinski definition) is 5. The molecule has 0 aliphatic carbocycles. The van der Waals surface area contributed by atoms with Gasteiger partial charge in [-0.2, -0.15) is 0 Å². The third-order valence-electron chi connectivity index (χ3n) is 3.93. The molecule has 0 bridgehead atoms. The Hall–Kier alpha value is -3.19. The molecule has 6 nitrogen and oxygen atoms in total. The summed E-state index contributed by atoms with van der Waals surface area (Å²) in [7, 11) is 1.63. The number of nitrogens with one attached hydrogen (secondary N) is 2. The molecule has 2 N–H and O–H groups in total. The predicted molar refractivity (Wildman–Crippen MR) is 101 cm³/mol. The number of imidazole rings is 1. The standard InChI is InChI=1S/C19H16N4O2S/c1-25-13-8-6-12(7-9-13)19-23-16(11-26-19)18(24)20-10-17-21-14-4-2-3-5-15(14)22-17/h2-9,11H,10H2,1H3,(H,20,24)(H,21,22). The lowest BCUT2D eigenvalue weighted by Crippen LogP contribution is -2.23. The summed E-state index contributed by atoms with van der Waals surface area (Å²) in [5.41, 5.74) is 3.18. The first-order chi connectivity index (χ1) is 12.7. The van der Waals surface area contributed by atoms with Crippen LogP contribution in [0.4, 0.5) is 0 Å². The van der Waals surface area contributed by atoms with Gasteiger partial charge in [0, 0.05) is 10.9 Å². The van der Waals surface area contributed by atoms with E-state index in [0.29, 0.717) is 18.1 Å². The summed E-state index contributed by atoms with van der Waals surface area (Å²) in [6, 6.07) is 15.4. The lowest BCUT2D eigenvalue weighted by molar-refractivity contribution is 0.0946. The van der Waals surface area contributed by atoms with E-state index in [9.17, 15) is 4.79 Å². The van der Waals surface area contributed by atoms with Crippen molar-refractivity contribution in [2.45, 2.75) is 6.54 Å². The minimum Gasteiger partial charge on any atom is -0.497 e. The predicted octanol–water partition coefficient (Wildman–Crippen LogP) is 3.63. The summed E-state index contributed by atoms with van der Waals surface area (Å²) in [6.45, 7) is 0.322. The van der Waals surface area contributed by atoms with Crippen LogP contribution in [0.25, 0.3) is 21.6 Å². The molecule has 0 saturated carbocycles. The molecule has 26 heavy (non-hydrogen) atoms. The highest BCUT2D eigenvalue weighted by atomic mass is 32.1. The van der Waals surface area contributed by atoms with E-state index in [-0.39, 0.29) is 5.91 Å². The SMILES string of the molecule is COc1ccc(-c2nc(C(=O)NCc3nc4ccccc4[nH]3)cs2)cc1. The van der Waals surface area contributed by atoms with Gasteiger partial charge in [0.2, 0.25) is 0 Å². The molecule has 2 aromatic carbocycles. The summed E-state index contributed by atoms with van der Waals surface area (Å²) >= 11 is 1.43. The number of rotatable bonds is 5. The van der Waals surface area contributed by atoms with Crippen LogP contribution in [-0.2, 0) is 6.54 Å². The first-order valence-corrected chi connectivity index (χ1v) is 8.92. The maximum atomic E-state index is 12.3. The van der Waals surface area contributed by atoms with E-state index >= 15 is 0 Å². The molecule has 130 valence electrons. The van der Waals surface area contributed by atoms with Gasteiger partial charge in [-0.1, -0.05) is 12.1 Å². The van der Waals surface area contributed by atoms with Gasteiger partial charge in [0.1, 0.15) is 22.3 Å². The van der Waals surface area contributed by atoms with E-state index in [1.807, 2.05) is 48.5 Å². The van der Waals surface area contributed by atoms with Crippen molar-refractivity contribution in [2.75, 3.05) is 7.11 Å². The summed E-state index contributed by atoms with van der Waals surface area (Å²) in [5.74, 6) is 1.28. The van der Waals surface area contributed by atoms with Crippen molar-refractivity contribution >= 4 is 28.3 Å². The second-order valence-corrected chi connectivity index (χ2v) is 6.51. The Balaban J connectivity index is 1.44. The fourth-order valence-electron chi connectivity index (χ4n) is 2.59. The number of para-hydroxylation sites is 2. The van der Waals surface area contributed by atoms with Crippen molar-refractivity contribution in [3.8, 4) is 16.3 Å². The van der Waals surface area contributed by atoms with Crippen LogP contribution in [-0.4, -0.2) is 28.0 Å². The summed E-state index contributed by atoms with van der Waals surface area (Å²) < 4.78 is 5.15. The van der Waals surface area contributed by atoms with Gasteiger partial charge < -0.3 is 15.0 Å². The van der Waals surface area contributed by atoms with Gasteiger partial charge in [-0.3, -0.25) is 4.79 Å². The summed E-state index contributed by atoms with van der Waals surface area (Å²) in [4.78, 5) is 24.4. The van der Waals surface area contributed by atoms with E-state index in [0.717, 1.165) is 27.4 Å². The Morgan fingerprint density at radius 3 is 2.73 bits per heavy atom. The molecule has 2 heterocycles. The van der Waals surface area contributed by atoms with Crippen LogP contribution < -0.4 is 10.1 Å². The lowest BCUT2D eigenvalue weighted by Gasteiger charge is -2.01. The van der Waals surface area contributed by atoms with Crippen molar-refractivity contribution in [2.24, 2.45) is 0 Å². The second kappa shape index (κ2) is 6.97. The zero-order valence-corrected chi connectivity index (χ0v) is 14.8. The van der Waals surface area contributed by atoms with Gasteiger partial charge in [-0.25, -0.2) is 9.97 Å². The topological polar surface area (TPSA) is 79.9 Å².